The van der Waals surface area contributed by atoms with Gasteiger partial charge in [0.25, 0.3) is 0 Å². The third kappa shape index (κ3) is 4.82. The normalized spacial score (nSPS) is 20.9. The monoisotopic (exact) mass is 360 g/mol. The molecule has 1 aromatic rings. The predicted octanol–water partition coefficient (Wildman–Crippen LogP) is 5.16. The summed E-state index contributed by atoms with van der Waals surface area (Å²) in [5.41, 5.74) is 2.70. The SMILES string of the molecule is C=C[Si](CC)(CC)c1ccc(C(=O)OOC2CCC(CC)CC2)cc1. The maximum atomic E-state index is 12.2. The van der Waals surface area contributed by atoms with Gasteiger partial charge in [0.15, 0.2) is 0 Å². The van der Waals surface area contributed by atoms with Crippen molar-refractivity contribution < 1.29 is 14.6 Å². The molecule has 0 bridgehead atoms. The Morgan fingerprint density at radius 3 is 2.20 bits per heavy atom. The topological polar surface area (TPSA) is 35.5 Å². The number of hydrogen-bond donors (Lipinski definition) is 0. The average molecular weight is 361 g/mol. The predicted molar refractivity (Wildman–Crippen MR) is 106 cm³/mol. The molecule has 1 aromatic carbocycles. The minimum Gasteiger partial charge on any atom is -0.293 e. The van der Waals surface area contributed by atoms with Crippen molar-refractivity contribution in [1.82, 2.24) is 0 Å². The molecule has 2 rings (SSSR count). The van der Waals surface area contributed by atoms with E-state index in [0.29, 0.717) is 5.56 Å². The van der Waals surface area contributed by atoms with Crippen LogP contribution in [-0.4, -0.2) is 20.1 Å². The molecule has 25 heavy (non-hydrogen) atoms. The van der Waals surface area contributed by atoms with Gasteiger partial charge >= 0.3 is 5.97 Å². The van der Waals surface area contributed by atoms with Gasteiger partial charge in [-0.15, -0.1) is 6.58 Å². The van der Waals surface area contributed by atoms with Crippen molar-refractivity contribution in [1.29, 1.82) is 0 Å². The summed E-state index contributed by atoms with van der Waals surface area (Å²) in [5.74, 6) is 0.401. The molecule has 0 spiro atoms. The number of carbonyl (C=O) groups excluding carboxylic acids is 1. The molecule has 1 fully saturated rings. The lowest BCUT2D eigenvalue weighted by atomic mass is 9.86. The molecular weight excluding hydrogens is 328 g/mol. The summed E-state index contributed by atoms with van der Waals surface area (Å²) in [4.78, 5) is 22.7. The van der Waals surface area contributed by atoms with Crippen LogP contribution in [0.1, 0.15) is 63.2 Å². The summed E-state index contributed by atoms with van der Waals surface area (Å²) in [5, 5.41) is 1.32. The van der Waals surface area contributed by atoms with Gasteiger partial charge in [0.2, 0.25) is 0 Å². The summed E-state index contributed by atoms with van der Waals surface area (Å²) in [6, 6.07) is 10.1. The highest BCUT2D eigenvalue weighted by molar-refractivity contribution is 6.95. The molecule has 0 unspecified atom stereocenters. The second kappa shape index (κ2) is 9.34. The van der Waals surface area contributed by atoms with Crippen molar-refractivity contribution in [3.63, 3.8) is 0 Å². The fraction of sp³-hybridized carbons (Fsp3) is 0.571. The number of hydrogen-bond acceptors (Lipinski definition) is 3. The maximum Gasteiger partial charge on any atom is 0.373 e. The Morgan fingerprint density at radius 1 is 1.12 bits per heavy atom. The van der Waals surface area contributed by atoms with Gasteiger partial charge in [-0.1, -0.05) is 62.3 Å². The first-order valence-corrected chi connectivity index (χ1v) is 12.2. The number of rotatable bonds is 8. The fourth-order valence-electron chi connectivity index (χ4n) is 3.80. The van der Waals surface area contributed by atoms with Crippen molar-refractivity contribution >= 4 is 19.2 Å². The Kier molecular flexibility index (Phi) is 7.45. The molecule has 0 radical (unpaired) electrons. The first-order chi connectivity index (χ1) is 12.1. The van der Waals surface area contributed by atoms with E-state index in [1.54, 1.807) is 0 Å². The van der Waals surface area contributed by atoms with E-state index < -0.39 is 14.0 Å². The van der Waals surface area contributed by atoms with Crippen LogP contribution in [0.15, 0.2) is 36.5 Å². The zero-order chi connectivity index (χ0) is 18.3. The smallest absolute Gasteiger partial charge is 0.293 e. The Hall–Kier alpha value is -1.39. The number of carbonyl (C=O) groups is 1. The van der Waals surface area contributed by atoms with Gasteiger partial charge in [0.05, 0.1) is 5.56 Å². The van der Waals surface area contributed by atoms with E-state index in [4.69, 9.17) is 9.78 Å². The first kappa shape index (κ1) is 19.9. The second-order valence-corrected chi connectivity index (χ2v) is 11.9. The largest absolute Gasteiger partial charge is 0.373 e. The highest BCUT2D eigenvalue weighted by atomic mass is 28.3. The average Bonchev–Trinajstić information content (AvgIpc) is 2.69. The highest BCUT2D eigenvalue weighted by Gasteiger charge is 2.28. The zero-order valence-electron chi connectivity index (χ0n) is 15.9. The lowest BCUT2D eigenvalue weighted by Gasteiger charge is -2.26. The molecule has 4 heteroatoms. The van der Waals surface area contributed by atoms with Gasteiger partial charge in [-0.05, 0) is 43.7 Å². The molecule has 3 nitrogen and oxygen atoms in total. The van der Waals surface area contributed by atoms with Gasteiger partial charge in [0, 0.05) is 0 Å². The molecule has 0 N–H and O–H groups in total. The quantitative estimate of drug-likeness (QED) is 0.365. The van der Waals surface area contributed by atoms with E-state index in [0.717, 1.165) is 43.7 Å². The Labute approximate surface area is 153 Å². The van der Waals surface area contributed by atoms with Crippen LogP contribution in [0.4, 0.5) is 0 Å². The van der Waals surface area contributed by atoms with E-state index in [1.165, 1.54) is 11.6 Å². The van der Waals surface area contributed by atoms with Crippen LogP contribution in [0.2, 0.25) is 12.1 Å². The van der Waals surface area contributed by atoms with E-state index in [-0.39, 0.29) is 6.10 Å². The first-order valence-electron chi connectivity index (χ1n) is 9.70. The Morgan fingerprint density at radius 2 is 1.72 bits per heavy atom. The molecule has 0 saturated heterocycles. The van der Waals surface area contributed by atoms with Crippen molar-refractivity contribution in [2.75, 3.05) is 0 Å². The molecule has 0 aromatic heterocycles. The Bertz CT molecular complexity index is 555. The van der Waals surface area contributed by atoms with Crippen LogP contribution < -0.4 is 5.19 Å². The molecule has 0 atom stereocenters. The van der Waals surface area contributed by atoms with Gasteiger partial charge in [0.1, 0.15) is 14.2 Å². The molecule has 1 aliphatic carbocycles. The molecule has 0 amide bonds. The molecule has 1 saturated carbocycles. The van der Waals surface area contributed by atoms with E-state index >= 15 is 0 Å². The lowest BCUT2D eigenvalue weighted by Crippen LogP contribution is -2.44. The Balaban J connectivity index is 1.91. The molecule has 1 aliphatic rings. The lowest BCUT2D eigenvalue weighted by molar-refractivity contribution is -0.280. The van der Waals surface area contributed by atoms with Gasteiger partial charge in [-0.3, -0.25) is 4.89 Å². The van der Waals surface area contributed by atoms with Gasteiger partial charge in [-0.2, -0.15) is 4.89 Å². The summed E-state index contributed by atoms with van der Waals surface area (Å²) in [6.45, 7) is 10.7. The minimum absolute atomic E-state index is 0.0482. The van der Waals surface area contributed by atoms with Crippen LogP contribution in [0.3, 0.4) is 0 Å². The van der Waals surface area contributed by atoms with Crippen molar-refractivity contribution in [3.8, 4) is 0 Å². The van der Waals surface area contributed by atoms with Crippen LogP contribution >= 0.6 is 0 Å². The molecule has 0 heterocycles. The minimum atomic E-state index is -1.63. The molecule has 138 valence electrons. The van der Waals surface area contributed by atoms with E-state index in [1.807, 2.05) is 12.1 Å². The maximum absolute atomic E-state index is 12.2. The second-order valence-electron chi connectivity index (χ2n) is 7.16. The standard InChI is InChI=1S/C21H32O3Si/c1-5-17-9-13-19(14-10-17)23-24-21(22)18-11-15-20(16-12-18)25(6-2,7-3)8-4/h6,11-12,15-17,19H,2,5,7-10,13-14H2,1,3-4H3. The third-order valence-corrected chi connectivity index (χ3v) is 10.8. The van der Waals surface area contributed by atoms with E-state index in [9.17, 15) is 4.79 Å². The van der Waals surface area contributed by atoms with Crippen molar-refractivity contribution in [3.05, 3.63) is 42.1 Å². The summed E-state index contributed by atoms with van der Waals surface area (Å²) < 4.78 is 0. The van der Waals surface area contributed by atoms with E-state index in [2.05, 4.69) is 45.2 Å². The zero-order valence-corrected chi connectivity index (χ0v) is 16.9. The summed E-state index contributed by atoms with van der Waals surface area (Å²) >= 11 is 0. The fourth-order valence-corrected chi connectivity index (χ4v) is 6.76. The van der Waals surface area contributed by atoms with Crippen LogP contribution in [0.5, 0.6) is 0 Å². The van der Waals surface area contributed by atoms with Crippen LogP contribution in [-0.2, 0) is 9.78 Å². The summed E-state index contributed by atoms with van der Waals surface area (Å²) in [6.07, 6.45) is 5.55. The highest BCUT2D eigenvalue weighted by Crippen LogP contribution is 2.28. The van der Waals surface area contributed by atoms with Crippen LogP contribution in [0.25, 0.3) is 0 Å². The van der Waals surface area contributed by atoms with Crippen molar-refractivity contribution in [2.24, 2.45) is 5.92 Å². The molecular formula is C21H32O3Si. The van der Waals surface area contributed by atoms with Gasteiger partial charge < -0.3 is 0 Å². The number of benzene rings is 1. The molecule has 0 aliphatic heterocycles. The van der Waals surface area contributed by atoms with Gasteiger partial charge in [-0.25, -0.2) is 4.79 Å². The third-order valence-electron chi connectivity index (χ3n) is 5.98. The van der Waals surface area contributed by atoms with Crippen LogP contribution in [0, 0.1) is 5.92 Å². The summed E-state index contributed by atoms with van der Waals surface area (Å²) in [7, 11) is -1.63. The van der Waals surface area contributed by atoms with Crippen molar-refractivity contribution in [2.45, 2.75) is 71.1 Å².